The van der Waals surface area contributed by atoms with E-state index >= 15 is 0 Å². The maximum Gasteiger partial charge on any atom is 0.253 e. The molecule has 0 unspecified atom stereocenters. The van der Waals surface area contributed by atoms with Crippen molar-refractivity contribution in [3.63, 3.8) is 0 Å². The summed E-state index contributed by atoms with van der Waals surface area (Å²) >= 11 is 0. The highest BCUT2D eigenvalue weighted by atomic mass is 16.2. The van der Waals surface area contributed by atoms with E-state index in [1.165, 1.54) is 4.90 Å². The number of carbonyl (C=O) groups is 3. The van der Waals surface area contributed by atoms with E-state index in [9.17, 15) is 14.4 Å². The predicted molar refractivity (Wildman–Crippen MR) is 106 cm³/mol. The average Bonchev–Trinajstić information content (AvgIpc) is 3.21. The Hall–Kier alpha value is -3.15. The third-order valence-corrected chi connectivity index (χ3v) is 5.99. The molecule has 0 aliphatic carbocycles. The third kappa shape index (κ3) is 2.68. The van der Waals surface area contributed by atoms with Crippen LogP contribution >= 0.6 is 0 Å². The largest absolute Gasteiger partial charge is 0.368 e. The van der Waals surface area contributed by atoms with Crippen molar-refractivity contribution in [1.82, 2.24) is 4.90 Å². The van der Waals surface area contributed by atoms with E-state index < -0.39 is 11.3 Å². The molecule has 0 aromatic heterocycles. The molecule has 1 saturated heterocycles. The van der Waals surface area contributed by atoms with Gasteiger partial charge in [0.05, 0.1) is 5.41 Å². The Labute approximate surface area is 163 Å². The fourth-order valence-corrected chi connectivity index (χ4v) is 4.34. The molecule has 144 valence electrons. The van der Waals surface area contributed by atoms with Crippen LogP contribution in [-0.4, -0.2) is 42.3 Å². The van der Waals surface area contributed by atoms with Crippen LogP contribution in [0.5, 0.6) is 0 Å². The Balaban J connectivity index is 1.66. The standard InChI is InChI=1S/C22H23N3O3/c1-14-7-8-16(11-15(14)2)20(27)24-10-9-22(13-24)17-5-3-4-6-18(17)25(21(22)28)12-19(23)26/h3-8,11H,9-10,12-13H2,1-2H3,(H2,23,26)/t22-/m1/s1. The summed E-state index contributed by atoms with van der Waals surface area (Å²) in [5, 5.41) is 0. The highest BCUT2D eigenvalue weighted by molar-refractivity contribution is 6.11. The van der Waals surface area contributed by atoms with Crippen molar-refractivity contribution in [3.05, 3.63) is 64.7 Å². The van der Waals surface area contributed by atoms with Crippen molar-refractivity contribution in [3.8, 4) is 0 Å². The fourth-order valence-electron chi connectivity index (χ4n) is 4.34. The third-order valence-electron chi connectivity index (χ3n) is 5.99. The Bertz CT molecular complexity index is 1000. The van der Waals surface area contributed by atoms with E-state index in [0.717, 1.165) is 16.7 Å². The summed E-state index contributed by atoms with van der Waals surface area (Å²) in [5.41, 5.74) is 8.97. The van der Waals surface area contributed by atoms with E-state index in [1.54, 1.807) is 4.90 Å². The zero-order valence-corrected chi connectivity index (χ0v) is 16.1. The zero-order valence-electron chi connectivity index (χ0n) is 16.1. The summed E-state index contributed by atoms with van der Waals surface area (Å²) in [6.07, 6.45) is 0.536. The molecule has 3 amide bonds. The number of fused-ring (bicyclic) bond motifs is 2. The first-order chi connectivity index (χ1) is 13.3. The number of hydrogen-bond donors (Lipinski definition) is 1. The number of benzene rings is 2. The molecule has 4 rings (SSSR count). The van der Waals surface area contributed by atoms with Crippen LogP contribution in [0.2, 0.25) is 0 Å². The smallest absolute Gasteiger partial charge is 0.253 e. The highest BCUT2D eigenvalue weighted by Crippen LogP contribution is 2.47. The topological polar surface area (TPSA) is 83.7 Å². The highest BCUT2D eigenvalue weighted by Gasteiger charge is 2.55. The van der Waals surface area contributed by atoms with Gasteiger partial charge in [0.1, 0.15) is 6.54 Å². The average molecular weight is 377 g/mol. The van der Waals surface area contributed by atoms with Crippen molar-refractivity contribution in [2.45, 2.75) is 25.7 Å². The molecule has 0 saturated carbocycles. The lowest BCUT2D eigenvalue weighted by Gasteiger charge is -2.24. The summed E-state index contributed by atoms with van der Waals surface area (Å²) in [6, 6.07) is 13.1. The monoisotopic (exact) mass is 377 g/mol. The quantitative estimate of drug-likeness (QED) is 0.887. The van der Waals surface area contributed by atoms with Crippen LogP contribution in [0.15, 0.2) is 42.5 Å². The summed E-state index contributed by atoms with van der Waals surface area (Å²) in [5.74, 6) is -0.775. The molecule has 1 fully saturated rings. The van der Waals surface area contributed by atoms with E-state index in [1.807, 2.05) is 56.3 Å². The van der Waals surface area contributed by atoms with E-state index in [-0.39, 0.29) is 18.4 Å². The van der Waals surface area contributed by atoms with Crippen LogP contribution in [0, 0.1) is 13.8 Å². The van der Waals surface area contributed by atoms with Crippen LogP contribution in [0.1, 0.15) is 33.5 Å². The lowest BCUT2D eigenvalue weighted by Crippen LogP contribution is -2.45. The summed E-state index contributed by atoms with van der Waals surface area (Å²) in [4.78, 5) is 41.1. The molecular formula is C22H23N3O3. The second-order valence-corrected chi connectivity index (χ2v) is 7.73. The lowest BCUT2D eigenvalue weighted by atomic mass is 9.81. The Kier molecular flexibility index (Phi) is 4.22. The first kappa shape index (κ1) is 18.2. The number of carbonyl (C=O) groups excluding carboxylic acids is 3. The Morgan fingerprint density at radius 2 is 1.86 bits per heavy atom. The SMILES string of the molecule is Cc1ccc(C(=O)N2CC[C@]3(C2)C(=O)N(CC(N)=O)c2ccccc23)cc1C. The Morgan fingerprint density at radius 3 is 2.57 bits per heavy atom. The number of amides is 3. The zero-order chi connectivity index (χ0) is 20.1. The maximum atomic E-state index is 13.3. The van der Waals surface area contributed by atoms with Gasteiger partial charge in [0.25, 0.3) is 5.91 Å². The van der Waals surface area contributed by atoms with E-state index in [0.29, 0.717) is 30.8 Å². The number of hydrogen-bond acceptors (Lipinski definition) is 3. The second-order valence-electron chi connectivity index (χ2n) is 7.73. The maximum absolute atomic E-state index is 13.3. The molecule has 2 aromatic carbocycles. The summed E-state index contributed by atoms with van der Waals surface area (Å²) in [7, 11) is 0. The van der Waals surface area contributed by atoms with Crippen LogP contribution in [0.3, 0.4) is 0 Å². The number of nitrogens with zero attached hydrogens (tertiary/aromatic N) is 2. The number of anilines is 1. The van der Waals surface area contributed by atoms with Crippen molar-refractivity contribution in [1.29, 1.82) is 0 Å². The number of aryl methyl sites for hydroxylation is 2. The van der Waals surface area contributed by atoms with E-state index in [4.69, 9.17) is 5.73 Å². The molecule has 2 aromatic rings. The van der Waals surface area contributed by atoms with Gasteiger partial charge in [-0.3, -0.25) is 14.4 Å². The molecule has 2 aliphatic heterocycles. The molecule has 2 heterocycles. The summed E-state index contributed by atoms with van der Waals surface area (Å²) in [6.45, 7) is 4.65. The molecular weight excluding hydrogens is 354 g/mol. The second kappa shape index (κ2) is 6.48. The molecule has 0 radical (unpaired) electrons. The number of para-hydroxylation sites is 1. The van der Waals surface area contributed by atoms with Gasteiger partial charge in [-0.15, -0.1) is 0 Å². The number of primary amides is 1. The molecule has 2 aliphatic rings. The van der Waals surface area contributed by atoms with Crippen molar-refractivity contribution in [2.75, 3.05) is 24.5 Å². The van der Waals surface area contributed by atoms with E-state index in [2.05, 4.69) is 0 Å². The van der Waals surface area contributed by atoms with Gasteiger partial charge in [-0.05, 0) is 55.2 Å². The van der Waals surface area contributed by atoms with Gasteiger partial charge in [0, 0.05) is 24.3 Å². The van der Waals surface area contributed by atoms with Crippen LogP contribution in [0.4, 0.5) is 5.69 Å². The van der Waals surface area contributed by atoms with Gasteiger partial charge in [0.2, 0.25) is 11.8 Å². The van der Waals surface area contributed by atoms with Gasteiger partial charge in [-0.25, -0.2) is 0 Å². The van der Waals surface area contributed by atoms with Crippen LogP contribution in [-0.2, 0) is 15.0 Å². The molecule has 28 heavy (non-hydrogen) atoms. The lowest BCUT2D eigenvalue weighted by molar-refractivity contribution is -0.125. The summed E-state index contributed by atoms with van der Waals surface area (Å²) < 4.78 is 0. The van der Waals surface area contributed by atoms with Gasteiger partial charge in [-0.2, -0.15) is 0 Å². The van der Waals surface area contributed by atoms with Gasteiger partial charge in [-0.1, -0.05) is 24.3 Å². The number of nitrogens with two attached hydrogens (primary N) is 1. The number of likely N-dealkylation sites (tertiary alicyclic amines) is 1. The minimum absolute atomic E-state index is 0.0707. The molecule has 6 heteroatoms. The van der Waals surface area contributed by atoms with Crippen LogP contribution in [0.25, 0.3) is 0 Å². The molecule has 1 atom stereocenters. The fraction of sp³-hybridized carbons (Fsp3) is 0.318. The van der Waals surface area contributed by atoms with Crippen molar-refractivity contribution in [2.24, 2.45) is 5.73 Å². The predicted octanol–water partition coefficient (Wildman–Crippen LogP) is 1.92. The van der Waals surface area contributed by atoms with Gasteiger partial charge >= 0.3 is 0 Å². The Morgan fingerprint density at radius 1 is 1.11 bits per heavy atom. The minimum atomic E-state index is -0.804. The minimum Gasteiger partial charge on any atom is -0.368 e. The first-order valence-corrected chi connectivity index (χ1v) is 9.40. The molecule has 2 N–H and O–H groups in total. The molecule has 1 spiro atoms. The van der Waals surface area contributed by atoms with Crippen molar-refractivity contribution < 1.29 is 14.4 Å². The van der Waals surface area contributed by atoms with Crippen LogP contribution < -0.4 is 10.6 Å². The molecule has 0 bridgehead atoms. The number of rotatable bonds is 3. The van der Waals surface area contributed by atoms with Gasteiger partial charge in [0.15, 0.2) is 0 Å². The first-order valence-electron chi connectivity index (χ1n) is 9.40. The molecule has 6 nitrogen and oxygen atoms in total. The normalized spacial score (nSPS) is 20.7. The van der Waals surface area contributed by atoms with Crippen molar-refractivity contribution >= 4 is 23.4 Å². The van der Waals surface area contributed by atoms with Gasteiger partial charge < -0.3 is 15.5 Å².